The molecule has 0 aromatic heterocycles. The van der Waals surface area contributed by atoms with Crippen LogP contribution in [-0.4, -0.2) is 30.0 Å². The second kappa shape index (κ2) is 6.25. The first-order valence-corrected chi connectivity index (χ1v) is 6.11. The maximum absolute atomic E-state index is 10.2. The molecular weight excluding hydrogens is 258 g/mol. The van der Waals surface area contributed by atoms with E-state index in [1.165, 1.54) is 0 Å². The van der Waals surface area contributed by atoms with Crippen molar-refractivity contribution < 1.29 is 14.9 Å². The number of aliphatic hydroxyl groups is 2. The van der Waals surface area contributed by atoms with Gasteiger partial charge in [0.05, 0.1) is 19.8 Å². The monoisotopic (exact) mass is 273 g/mol. The Bertz CT molecular complexity index is 653. The molecule has 2 rings (SSSR count). The van der Waals surface area contributed by atoms with Crippen molar-refractivity contribution in [3.63, 3.8) is 0 Å². The first kappa shape index (κ1) is 14.1. The molecule has 0 aliphatic rings. The van der Waals surface area contributed by atoms with E-state index in [4.69, 9.17) is 10.3 Å². The van der Waals surface area contributed by atoms with E-state index in [1.54, 1.807) is 19.2 Å². The van der Waals surface area contributed by atoms with E-state index in [2.05, 4.69) is 10.0 Å². The van der Waals surface area contributed by atoms with Crippen molar-refractivity contribution in [3.05, 3.63) is 52.4 Å². The van der Waals surface area contributed by atoms with Crippen molar-refractivity contribution in [3.8, 4) is 5.75 Å². The zero-order valence-corrected chi connectivity index (χ0v) is 11.0. The van der Waals surface area contributed by atoms with Crippen molar-refractivity contribution in [2.24, 2.45) is 5.11 Å². The molecule has 0 bridgehead atoms. The molecule has 0 amide bonds. The summed E-state index contributed by atoms with van der Waals surface area (Å²) < 4.78 is 5.28. The van der Waals surface area contributed by atoms with Crippen LogP contribution in [0.15, 0.2) is 41.5 Å². The summed E-state index contributed by atoms with van der Waals surface area (Å²) in [6, 6.07) is 10.9. The smallest absolute Gasteiger partial charge is 0.126 e. The quantitative estimate of drug-likeness (QED) is 0.497. The summed E-state index contributed by atoms with van der Waals surface area (Å²) in [7, 11) is 1.58. The molecule has 2 aromatic rings. The Morgan fingerprint density at radius 2 is 1.90 bits per heavy atom. The lowest BCUT2D eigenvalue weighted by atomic mass is 9.97. The van der Waals surface area contributed by atoms with Crippen molar-refractivity contribution in [1.82, 2.24) is 0 Å². The number of nitrogens with zero attached hydrogens (tertiary/aromatic N) is 3. The number of ether oxygens (including phenoxy) is 1. The lowest BCUT2D eigenvalue weighted by Gasteiger charge is -2.19. The fourth-order valence-electron chi connectivity index (χ4n) is 2.16. The van der Waals surface area contributed by atoms with Gasteiger partial charge >= 0.3 is 0 Å². The first-order chi connectivity index (χ1) is 9.69. The third-order valence-corrected chi connectivity index (χ3v) is 3.15. The molecule has 0 radical (unpaired) electrons. The highest BCUT2D eigenvalue weighted by Crippen LogP contribution is 2.32. The van der Waals surface area contributed by atoms with Crippen molar-refractivity contribution in [2.45, 2.75) is 12.2 Å². The van der Waals surface area contributed by atoms with Crippen LogP contribution < -0.4 is 4.74 Å². The number of fused-ring (bicyclic) bond motifs is 1. The average Bonchev–Trinajstić information content (AvgIpc) is 2.50. The maximum Gasteiger partial charge on any atom is 0.126 e. The molecule has 0 aliphatic heterocycles. The molecule has 0 saturated heterocycles. The minimum atomic E-state index is -1.15. The van der Waals surface area contributed by atoms with Crippen molar-refractivity contribution in [1.29, 1.82) is 0 Å². The molecule has 20 heavy (non-hydrogen) atoms. The summed E-state index contributed by atoms with van der Waals surface area (Å²) in [4.78, 5) is 2.58. The van der Waals surface area contributed by atoms with Crippen LogP contribution >= 0.6 is 0 Å². The molecular formula is C14H15N3O3. The number of aliphatic hydroxyl groups excluding tert-OH is 2. The van der Waals surface area contributed by atoms with E-state index < -0.39 is 12.2 Å². The van der Waals surface area contributed by atoms with Crippen LogP contribution in [0, 0.1) is 0 Å². The van der Waals surface area contributed by atoms with Crippen molar-refractivity contribution >= 4 is 10.8 Å². The zero-order chi connectivity index (χ0) is 14.5. The predicted octanol–water partition coefficient (Wildman–Crippen LogP) is 2.55. The number of azide groups is 1. The van der Waals surface area contributed by atoms with E-state index in [-0.39, 0.29) is 6.54 Å². The Morgan fingerprint density at radius 3 is 2.55 bits per heavy atom. The van der Waals surface area contributed by atoms with Crippen LogP contribution in [0.25, 0.3) is 21.2 Å². The minimum absolute atomic E-state index is 0.183. The van der Waals surface area contributed by atoms with Gasteiger partial charge in [-0.2, -0.15) is 0 Å². The summed E-state index contributed by atoms with van der Waals surface area (Å²) in [5, 5.41) is 25.0. The van der Waals surface area contributed by atoms with Crippen LogP contribution in [0.5, 0.6) is 5.75 Å². The van der Waals surface area contributed by atoms with Gasteiger partial charge in [0.25, 0.3) is 0 Å². The van der Waals surface area contributed by atoms with Crippen LogP contribution in [0.4, 0.5) is 0 Å². The average molecular weight is 273 g/mol. The second-order valence-electron chi connectivity index (χ2n) is 4.33. The first-order valence-electron chi connectivity index (χ1n) is 6.11. The van der Waals surface area contributed by atoms with Gasteiger partial charge in [-0.1, -0.05) is 35.4 Å². The molecule has 2 aromatic carbocycles. The molecule has 2 atom stereocenters. The number of benzene rings is 2. The van der Waals surface area contributed by atoms with Crippen LogP contribution in [0.2, 0.25) is 0 Å². The van der Waals surface area contributed by atoms with Gasteiger partial charge in [-0.15, -0.1) is 0 Å². The normalized spacial score (nSPS) is 13.6. The van der Waals surface area contributed by atoms with Crippen LogP contribution in [0.3, 0.4) is 0 Å². The SMILES string of the molecule is COc1ccc(C(O)C(O)CN=[N+]=[N-])c2ccccc12. The van der Waals surface area contributed by atoms with Gasteiger partial charge in [-0.25, -0.2) is 0 Å². The van der Waals surface area contributed by atoms with E-state index in [0.717, 1.165) is 10.8 Å². The largest absolute Gasteiger partial charge is 0.496 e. The van der Waals surface area contributed by atoms with Gasteiger partial charge in [0.2, 0.25) is 0 Å². The standard InChI is InChI=1S/C14H15N3O3/c1-20-13-7-6-11(9-4-2-3-5-10(9)13)14(19)12(18)8-16-17-15/h2-7,12,14,18-19H,8H2,1H3. The molecule has 104 valence electrons. The van der Waals surface area contributed by atoms with Crippen molar-refractivity contribution in [2.75, 3.05) is 13.7 Å². The molecule has 6 nitrogen and oxygen atoms in total. The lowest BCUT2D eigenvalue weighted by Crippen LogP contribution is -2.21. The van der Waals surface area contributed by atoms with E-state index in [1.807, 2.05) is 24.3 Å². The minimum Gasteiger partial charge on any atom is -0.496 e. The van der Waals surface area contributed by atoms with E-state index in [0.29, 0.717) is 11.3 Å². The Kier molecular flexibility index (Phi) is 4.42. The number of rotatable bonds is 5. The molecule has 6 heteroatoms. The van der Waals surface area contributed by atoms with Gasteiger partial charge < -0.3 is 14.9 Å². The summed E-state index contributed by atoms with van der Waals surface area (Å²) >= 11 is 0. The second-order valence-corrected chi connectivity index (χ2v) is 4.33. The number of methoxy groups -OCH3 is 1. The Hall–Kier alpha value is -2.27. The van der Waals surface area contributed by atoms with Gasteiger partial charge in [0.1, 0.15) is 11.9 Å². The molecule has 0 spiro atoms. The van der Waals surface area contributed by atoms with Gasteiger partial charge in [0, 0.05) is 10.3 Å². The third kappa shape index (κ3) is 2.67. The highest BCUT2D eigenvalue weighted by atomic mass is 16.5. The summed E-state index contributed by atoms with van der Waals surface area (Å²) in [6.45, 7) is -0.183. The zero-order valence-electron chi connectivity index (χ0n) is 11.0. The maximum atomic E-state index is 10.2. The van der Waals surface area contributed by atoms with Gasteiger partial charge in [-0.05, 0) is 22.5 Å². The third-order valence-electron chi connectivity index (χ3n) is 3.15. The lowest BCUT2D eigenvalue weighted by molar-refractivity contribution is 0.0253. The fraction of sp³-hybridized carbons (Fsp3) is 0.286. The molecule has 2 unspecified atom stereocenters. The Labute approximate surface area is 115 Å². The number of hydrogen-bond donors (Lipinski definition) is 2. The molecule has 0 aliphatic carbocycles. The van der Waals surface area contributed by atoms with Crippen LogP contribution in [0.1, 0.15) is 11.7 Å². The highest BCUT2D eigenvalue weighted by molar-refractivity contribution is 5.91. The van der Waals surface area contributed by atoms with E-state index in [9.17, 15) is 10.2 Å². The molecule has 2 N–H and O–H groups in total. The number of hydrogen-bond acceptors (Lipinski definition) is 4. The molecule has 0 saturated carbocycles. The molecule has 0 fully saturated rings. The Balaban J connectivity index is 2.47. The van der Waals surface area contributed by atoms with Gasteiger partial charge in [-0.3, -0.25) is 0 Å². The summed E-state index contributed by atoms with van der Waals surface area (Å²) in [5.74, 6) is 0.695. The summed E-state index contributed by atoms with van der Waals surface area (Å²) in [5.41, 5.74) is 8.83. The van der Waals surface area contributed by atoms with Crippen LogP contribution in [-0.2, 0) is 0 Å². The predicted molar refractivity (Wildman–Crippen MR) is 75.5 cm³/mol. The van der Waals surface area contributed by atoms with Gasteiger partial charge in [0.15, 0.2) is 0 Å². The van der Waals surface area contributed by atoms with E-state index >= 15 is 0 Å². The molecule has 0 heterocycles. The highest BCUT2D eigenvalue weighted by Gasteiger charge is 2.20. The Morgan fingerprint density at radius 1 is 1.20 bits per heavy atom. The fourth-order valence-corrected chi connectivity index (χ4v) is 2.16. The topological polar surface area (TPSA) is 98.5 Å². The summed E-state index contributed by atoms with van der Waals surface area (Å²) in [6.07, 6.45) is -2.28.